The summed E-state index contributed by atoms with van der Waals surface area (Å²) in [6.45, 7) is 1.73. The first-order valence-electron chi connectivity index (χ1n) is 10.2. The van der Waals surface area contributed by atoms with Gasteiger partial charge in [-0.25, -0.2) is 0 Å². The normalized spacial score (nSPS) is 24.6. The lowest BCUT2D eigenvalue weighted by Gasteiger charge is -2.27. The number of benzene rings is 1. The maximum Gasteiger partial charge on any atom is 0.196 e. The molecule has 2 saturated carbocycles. The van der Waals surface area contributed by atoms with E-state index in [2.05, 4.69) is 41.2 Å². The van der Waals surface area contributed by atoms with Gasteiger partial charge in [0.15, 0.2) is 5.96 Å². The number of thioether (sulfide) groups is 1. The van der Waals surface area contributed by atoms with Crippen LogP contribution in [0, 0.1) is 11.8 Å². The van der Waals surface area contributed by atoms with Gasteiger partial charge in [-0.2, -0.15) is 0 Å². The summed E-state index contributed by atoms with van der Waals surface area (Å²) in [4.78, 5) is 6.25. The van der Waals surface area contributed by atoms with Crippen LogP contribution in [0.1, 0.15) is 51.4 Å². The second-order valence-corrected chi connectivity index (χ2v) is 8.62. The molecule has 1 aromatic rings. The first kappa shape index (κ1) is 19.6. The molecule has 2 atom stereocenters. The summed E-state index contributed by atoms with van der Waals surface area (Å²) in [5.74, 6) is 2.32. The molecule has 5 heteroatoms. The Kier molecular flexibility index (Phi) is 7.69. The van der Waals surface area contributed by atoms with Gasteiger partial charge in [0.2, 0.25) is 0 Å². The summed E-state index contributed by atoms with van der Waals surface area (Å²) < 4.78 is 0. The Labute approximate surface area is 162 Å². The summed E-state index contributed by atoms with van der Waals surface area (Å²) >= 11 is 1.77. The average molecular weight is 375 g/mol. The monoisotopic (exact) mass is 374 g/mol. The van der Waals surface area contributed by atoms with Crippen LogP contribution in [-0.4, -0.2) is 31.3 Å². The van der Waals surface area contributed by atoms with Gasteiger partial charge in [0.1, 0.15) is 0 Å². The highest BCUT2D eigenvalue weighted by molar-refractivity contribution is 7.98. The summed E-state index contributed by atoms with van der Waals surface area (Å²) in [5.41, 5.74) is 7.05. The zero-order valence-electron chi connectivity index (χ0n) is 16.0. The molecule has 0 aliphatic heterocycles. The lowest BCUT2D eigenvalue weighted by atomic mass is 9.81. The third-order valence-electron chi connectivity index (χ3n) is 5.79. The maximum absolute atomic E-state index is 5.90. The third kappa shape index (κ3) is 5.65. The Balaban J connectivity index is 1.67. The minimum Gasteiger partial charge on any atom is -0.353 e. The highest BCUT2D eigenvalue weighted by atomic mass is 32.2. The van der Waals surface area contributed by atoms with Gasteiger partial charge in [-0.3, -0.25) is 4.99 Å². The van der Waals surface area contributed by atoms with E-state index in [1.807, 2.05) is 0 Å². The van der Waals surface area contributed by atoms with Crippen LogP contribution in [-0.2, 0) is 0 Å². The second-order valence-electron chi connectivity index (χ2n) is 7.77. The zero-order chi connectivity index (χ0) is 18.2. The molecule has 26 heavy (non-hydrogen) atoms. The Hall–Kier alpha value is -1.20. The fraction of sp³-hybridized carbons (Fsp3) is 0.667. The van der Waals surface area contributed by atoms with E-state index in [4.69, 9.17) is 10.7 Å². The molecule has 4 N–H and O–H groups in total. The predicted octanol–water partition coefficient (Wildman–Crippen LogP) is 4.47. The quantitative estimate of drug-likeness (QED) is 0.390. The number of nitrogens with zero attached hydrogens (tertiary/aromatic N) is 1. The number of aliphatic imine (C=N–C) groups is 1. The van der Waals surface area contributed by atoms with E-state index in [0.717, 1.165) is 24.7 Å². The third-order valence-corrected chi connectivity index (χ3v) is 6.58. The van der Waals surface area contributed by atoms with E-state index in [1.54, 1.807) is 11.8 Å². The molecule has 0 heterocycles. The van der Waals surface area contributed by atoms with Crippen molar-refractivity contribution in [3.05, 3.63) is 24.3 Å². The summed E-state index contributed by atoms with van der Waals surface area (Å²) in [7, 11) is 0. The number of hydrogen-bond acceptors (Lipinski definition) is 3. The molecule has 0 radical (unpaired) electrons. The van der Waals surface area contributed by atoms with E-state index in [-0.39, 0.29) is 0 Å². The molecular formula is C21H34N4S. The van der Waals surface area contributed by atoms with Crippen molar-refractivity contribution in [2.45, 2.75) is 62.3 Å². The van der Waals surface area contributed by atoms with Crippen LogP contribution in [0.5, 0.6) is 0 Å². The molecule has 0 bridgehead atoms. The molecule has 2 aliphatic carbocycles. The smallest absolute Gasteiger partial charge is 0.196 e. The maximum atomic E-state index is 5.90. The number of para-hydroxylation sites is 1. The highest BCUT2D eigenvalue weighted by Crippen LogP contribution is 2.29. The molecule has 4 nitrogen and oxygen atoms in total. The van der Waals surface area contributed by atoms with Gasteiger partial charge in [-0.15, -0.1) is 11.8 Å². The Bertz CT molecular complexity index is 583. The molecule has 2 aliphatic rings. The number of anilines is 1. The molecular weight excluding hydrogens is 340 g/mol. The van der Waals surface area contributed by atoms with Crippen molar-refractivity contribution in [2.24, 2.45) is 22.6 Å². The van der Waals surface area contributed by atoms with Crippen molar-refractivity contribution < 1.29 is 0 Å². The summed E-state index contributed by atoms with van der Waals surface area (Å²) in [6, 6.07) is 9.04. The largest absolute Gasteiger partial charge is 0.353 e. The topological polar surface area (TPSA) is 62.4 Å². The van der Waals surface area contributed by atoms with Crippen LogP contribution in [0.25, 0.3) is 0 Å². The van der Waals surface area contributed by atoms with Crippen LogP contribution in [0.4, 0.5) is 5.69 Å². The number of guanidine groups is 1. The lowest BCUT2D eigenvalue weighted by Crippen LogP contribution is -2.38. The molecule has 0 spiro atoms. The van der Waals surface area contributed by atoms with Gasteiger partial charge in [0, 0.05) is 17.5 Å². The van der Waals surface area contributed by atoms with Crippen LogP contribution in [0.2, 0.25) is 0 Å². The number of hydrogen-bond donors (Lipinski definition) is 3. The van der Waals surface area contributed by atoms with Crippen molar-refractivity contribution >= 4 is 23.4 Å². The molecule has 0 saturated heterocycles. The summed E-state index contributed by atoms with van der Waals surface area (Å²) in [5, 5.41) is 7.27. The molecule has 3 rings (SSSR count). The summed E-state index contributed by atoms with van der Waals surface area (Å²) in [6.07, 6.45) is 12.4. The number of nitrogens with two attached hydrogens (primary N) is 1. The first-order chi connectivity index (χ1) is 12.8. The van der Waals surface area contributed by atoms with Crippen LogP contribution < -0.4 is 16.4 Å². The molecule has 2 unspecified atom stereocenters. The van der Waals surface area contributed by atoms with Crippen LogP contribution in [0.15, 0.2) is 34.2 Å². The highest BCUT2D eigenvalue weighted by Gasteiger charge is 2.21. The van der Waals surface area contributed by atoms with Gasteiger partial charge >= 0.3 is 0 Å². The van der Waals surface area contributed by atoms with E-state index in [0.29, 0.717) is 17.9 Å². The molecule has 1 aromatic carbocycles. The van der Waals surface area contributed by atoms with E-state index in [9.17, 15) is 0 Å². The number of rotatable bonds is 6. The second kappa shape index (κ2) is 10.2. The van der Waals surface area contributed by atoms with Gasteiger partial charge in [-0.1, -0.05) is 31.4 Å². The molecule has 0 amide bonds. The number of nitrogens with one attached hydrogen (secondary N) is 2. The van der Waals surface area contributed by atoms with Crippen LogP contribution >= 0.6 is 11.8 Å². The van der Waals surface area contributed by atoms with Gasteiger partial charge in [0.25, 0.3) is 0 Å². The first-order valence-corrected chi connectivity index (χ1v) is 11.4. The zero-order valence-corrected chi connectivity index (χ0v) is 16.9. The molecule has 144 valence electrons. The Morgan fingerprint density at radius 1 is 1.12 bits per heavy atom. The van der Waals surface area contributed by atoms with E-state index < -0.39 is 0 Å². The van der Waals surface area contributed by atoms with E-state index >= 15 is 0 Å². The van der Waals surface area contributed by atoms with Crippen molar-refractivity contribution in [3.8, 4) is 0 Å². The Morgan fingerprint density at radius 3 is 2.65 bits per heavy atom. The average Bonchev–Trinajstić information content (AvgIpc) is 3.20. The Morgan fingerprint density at radius 2 is 1.88 bits per heavy atom. The van der Waals surface area contributed by atoms with Crippen molar-refractivity contribution in [3.63, 3.8) is 0 Å². The minimum absolute atomic E-state index is 0.561. The SMILES string of the molecule is CSc1ccccc1NC(=NCC1CCCC(CN)C1)NC1CCCC1. The van der Waals surface area contributed by atoms with E-state index in [1.165, 1.54) is 56.3 Å². The van der Waals surface area contributed by atoms with Crippen molar-refractivity contribution in [2.75, 3.05) is 24.7 Å². The minimum atomic E-state index is 0.561. The lowest BCUT2D eigenvalue weighted by molar-refractivity contribution is 0.277. The standard InChI is InChI=1S/C21H34N4S/c1-26-20-12-5-4-11-19(20)25-21(24-18-9-2-3-10-18)23-15-17-8-6-7-16(13-17)14-22/h4-5,11-12,16-18H,2-3,6-10,13-15,22H2,1H3,(H2,23,24,25). The fourth-order valence-electron chi connectivity index (χ4n) is 4.26. The van der Waals surface area contributed by atoms with Crippen LogP contribution in [0.3, 0.4) is 0 Å². The van der Waals surface area contributed by atoms with Crippen molar-refractivity contribution in [1.82, 2.24) is 5.32 Å². The van der Waals surface area contributed by atoms with Gasteiger partial charge < -0.3 is 16.4 Å². The van der Waals surface area contributed by atoms with Gasteiger partial charge in [-0.05, 0) is 68.9 Å². The van der Waals surface area contributed by atoms with Crippen molar-refractivity contribution in [1.29, 1.82) is 0 Å². The predicted molar refractivity (Wildman–Crippen MR) is 114 cm³/mol. The molecule has 0 aromatic heterocycles. The van der Waals surface area contributed by atoms with Gasteiger partial charge in [0.05, 0.1) is 5.69 Å². The fourth-order valence-corrected chi connectivity index (χ4v) is 4.82. The molecule has 2 fully saturated rings.